The molecule has 0 saturated heterocycles. The summed E-state index contributed by atoms with van der Waals surface area (Å²) >= 11 is 0. The maximum Gasteiger partial charge on any atom is 0.129 e. The van der Waals surface area contributed by atoms with Gasteiger partial charge in [-0.2, -0.15) is 5.06 Å². The molecule has 17 heavy (non-hydrogen) atoms. The average Bonchev–Trinajstić information content (AvgIpc) is 2.38. The summed E-state index contributed by atoms with van der Waals surface area (Å²) in [6.45, 7) is 0. The molecule has 0 spiro atoms. The van der Waals surface area contributed by atoms with Crippen molar-refractivity contribution < 1.29 is 4.84 Å². The molecule has 0 aromatic heterocycles. The van der Waals surface area contributed by atoms with E-state index < -0.39 is 0 Å². The fraction of sp³-hybridized carbons (Fsp3) is 0.200. The highest BCUT2D eigenvalue weighted by atomic mass is 16.7. The van der Waals surface area contributed by atoms with Crippen molar-refractivity contribution in [2.24, 2.45) is 0 Å². The van der Waals surface area contributed by atoms with Crippen LogP contribution in [0.15, 0.2) is 60.7 Å². The van der Waals surface area contributed by atoms with Crippen molar-refractivity contribution in [3.05, 3.63) is 71.8 Å². The van der Waals surface area contributed by atoms with Gasteiger partial charge >= 0.3 is 0 Å². The van der Waals surface area contributed by atoms with Gasteiger partial charge in [-0.25, -0.2) is 0 Å². The molecule has 0 heterocycles. The maximum absolute atomic E-state index is 5.86. The van der Waals surface area contributed by atoms with Crippen LogP contribution in [0.5, 0.6) is 0 Å². The van der Waals surface area contributed by atoms with Gasteiger partial charge in [-0.15, -0.1) is 0 Å². The van der Waals surface area contributed by atoms with E-state index in [9.17, 15) is 0 Å². The zero-order valence-electron chi connectivity index (χ0n) is 10.2. The van der Waals surface area contributed by atoms with E-state index in [1.165, 1.54) is 0 Å². The van der Waals surface area contributed by atoms with Crippen LogP contribution in [-0.2, 0) is 4.84 Å². The van der Waals surface area contributed by atoms with Crippen LogP contribution in [-0.4, -0.2) is 19.2 Å². The average molecular weight is 227 g/mol. The number of rotatable bonds is 4. The van der Waals surface area contributed by atoms with Gasteiger partial charge in [-0.1, -0.05) is 60.7 Å². The first-order valence-electron chi connectivity index (χ1n) is 5.71. The van der Waals surface area contributed by atoms with E-state index >= 15 is 0 Å². The van der Waals surface area contributed by atoms with Gasteiger partial charge < -0.3 is 0 Å². The Morgan fingerprint density at radius 3 is 1.53 bits per heavy atom. The van der Waals surface area contributed by atoms with E-state index in [1.807, 2.05) is 50.5 Å². The molecule has 0 fully saturated rings. The molecular weight excluding hydrogens is 210 g/mol. The summed E-state index contributed by atoms with van der Waals surface area (Å²) in [6, 6.07) is 20.5. The van der Waals surface area contributed by atoms with Crippen molar-refractivity contribution in [1.29, 1.82) is 0 Å². The summed E-state index contributed by atoms with van der Waals surface area (Å²) in [5.74, 6) is 0. The molecule has 0 amide bonds. The summed E-state index contributed by atoms with van der Waals surface area (Å²) in [6.07, 6.45) is -0.0487. The molecule has 2 rings (SSSR count). The van der Waals surface area contributed by atoms with E-state index in [4.69, 9.17) is 4.84 Å². The van der Waals surface area contributed by atoms with Gasteiger partial charge in [-0.05, 0) is 11.1 Å². The monoisotopic (exact) mass is 227 g/mol. The van der Waals surface area contributed by atoms with Gasteiger partial charge in [0.25, 0.3) is 0 Å². The predicted molar refractivity (Wildman–Crippen MR) is 69.5 cm³/mol. The van der Waals surface area contributed by atoms with Crippen LogP contribution in [0.4, 0.5) is 0 Å². The minimum absolute atomic E-state index is 0.0487. The Bertz CT molecular complexity index is 399. The SMILES string of the molecule is CN(C)OC(c1ccccc1)c1ccccc1. The van der Waals surface area contributed by atoms with Crippen LogP contribution in [0.1, 0.15) is 17.2 Å². The molecule has 0 atom stereocenters. The van der Waals surface area contributed by atoms with Crippen LogP contribution in [0.25, 0.3) is 0 Å². The Morgan fingerprint density at radius 1 is 0.765 bits per heavy atom. The number of hydrogen-bond acceptors (Lipinski definition) is 2. The summed E-state index contributed by atoms with van der Waals surface area (Å²) in [4.78, 5) is 5.86. The second-order valence-corrected chi connectivity index (χ2v) is 4.12. The smallest absolute Gasteiger partial charge is 0.129 e. The van der Waals surface area contributed by atoms with Crippen molar-refractivity contribution in [2.75, 3.05) is 14.1 Å². The number of nitrogens with zero attached hydrogens (tertiary/aromatic N) is 1. The Balaban J connectivity index is 2.32. The molecule has 0 radical (unpaired) electrons. The van der Waals surface area contributed by atoms with Gasteiger partial charge in [0.15, 0.2) is 0 Å². The fourth-order valence-electron chi connectivity index (χ4n) is 1.78. The van der Waals surface area contributed by atoms with Gasteiger partial charge in [-0.3, -0.25) is 4.84 Å². The molecule has 0 bridgehead atoms. The predicted octanol–water partition coefficient (Wildman–Crippen LogP) is 3.27. The third-order valence-corrected chi connectivity index (χ3v) is 2.52. The lowest BCUT2D eigenvalue weighted by atomic mass is 10.0. The highest BCUT2D eigenvalue weighted by molar-refractivity contribution is 5.29. The highest BCUT2D eigenvalue weighted by Gasteiger charge is 2.15. The molecule has 0 aliphatic rings. The molecule has 0 aliphatic heterocycles. The minimum atomic E-state index is -0.0487. The first kappa shape index (κ1) is 11.8. The molecular formula is C15H17NO. The van der Waals surface area contributed by atoms with Crippen LogP contribution in [0, 0.1) is 0 Å². The Labute approximate surface area is 102 Å². The number of hydrogen-bond donors (Lipinski definition) is 0. The third-order valence-electron chi connectivity index (χ3n) is 2.52. The first-order chi connectivity index (χ1) is 8.27. The van der Waals surface area contributed by atoms with Gasteiger partial charge in [0.2, 0.25) is 0 Å². The van der Waals surface area contributed by atoms with E-state index in [0.717, 1.165) is 11.1 Å². The minimum Gasteiger partial charge on any atom is -0.287 e. The van der Waals surface area contributed by atoms with Crippen molar-refractivity contribution in [3.8, 4) is 0 Å². The lowest BCUT2D eigenvalue weighted by Gasteiger charge is -2.22. The van der Waals surface area contributed by atoms with Crippen LogP contribution < -0.4 is 0 Å². The Morgan fingerprint density at radius 2 is 1.18 bits per heavy atom. The molecule has 88 valence electrons. The Hall–Kier alpha value is -1.64. The number of benzene rings is 2. The van der Waals surface area contributed by atoms with Gasteiger partial charge in [0.05, 0.1) is 0 Å². The summed E-state index contributed by atoms with van der Waals surface area (Å²) in [5, 5.41) is 1.74. The topological polar surface area (TPSA) is 12.5 Å². The third kappa shape index (κ3) is 3.16. The second-order valence-electron chi connectivity index (χ2n) is 4.12. The zero-order chi connectivity index (χ0) is 12.1. The van der Waals surface area contributed by atoms with Crippen LogP contribution in [0.3, 0.4) is 0 Å². The lowest BCUT2D eigenvalue weighted by Crippen LogP contribution is -2.18. The zero-order valence-corrected chi connectivity index (χ0v) is 10.2. The Kier molecular flexibility index (Phi) is 3.91. The van der Waals surface area contributed by atoms with Crippen molar-refractivity contribution in [1.82, 2.24) is 5.06 Å². The normalized spacial score (nSPS) is 11.1. The van der Waals surface area contributed by atoms with Gasteiger partial charge in [0, 0.05) is 14.1 Å². The molecule has 2 nitrogen and oxygen atoms in total. The molecule has 0 aliphatic carbocycles. The van der Waals surface area contributed by atoms with Crippen molar-refractivity contribution >= 4 is 0 Å². The van der Waals surface area contributed by atoms with Crippen LogP contribution in [0.2, 0.25) is 0 Å². The van der Waals surface area contributed by atoms with Crippen molar-refractivity contribution in [3.63, 3.8) is 0 Å². The standard InChI is InChI=1S/C15H17NO/c1-16(2)17-15(13-9-5-3-6-10-13)14-11-7-4-8-12-14/h3-12,15H,1-2H3. The lowest BCUT2D eigenvalue weighted by molar-refractivity contribution is -0.152. The highest BCUT2D eigenvalue weighted by Crippen LogP contribution is 2.25. The van der Waals surface area contributed by atoms with E-state index in [0.29, 0.717) is 0 Å². The molecule has 2 aromatic rings. The molecule has 2 heteroatoms. The van der Waals surface area contributed by atoms with Gasteiger partial charge in [0.1, 0.15) is 6.10 Å². The summed E-state index contributed by atoms with van der Waals surface area (Å²) < 4.78 is 0. The molecule has 0 unspecified atom stereocenters. The summed E-state index contributed by atoms with van der Waals surface area (Å²) in [5.41, 5.74) is 2.32. The van der Waals surface area contributed by atoms with E-state index in [2.05, 4.69) is 24.3 Å². The maximum atomic E-state index is 5.86. The molecule has 2 aromatic carbocycles. The second kappa shape index (κ2) is 5.62. The molecule has 0 saturated carbocycles. The summed E-state index contributed by atoms with van der Waals surface area (Å²) in [7, 11) is 3.80. The quantitative estimate of drug-likeness (QED) is 0.743. The van der Waals surface area contributed by atoms with Crippen molar-refractivity contribution in [2.45, 2.75) is 6.10 Å². The number of hydroxylamine groups is 2. The molecule has 0 N–H and O–H groups in total. The van der Waals surface area contributed by atoms with Crippen LogP contribution >= 0.6 is 0 Å². The van der Waals surface area contributed by atoms with E-state index in [1.54, 1.807) is 5.06 Å². The largest absolute Gasteiger partial charge is 0.287 e. The van der Waals surface area contributed by atoms with E-state index in [-0.39, 0.29) is 6.10 Å². The first-order valence-corrected chi connectivity index (χ1v) is 5.71. The fourth-order valence-corrected chi connectivity index (χ4v) is 1.78.